The van der Waals surface area contributed by atoms with Crippen LogP contribution >= 0.6 is 0 Å². The van der Waals surface area contributed by atoms with Gasteiger partial charge >= 0.3 is 0 Å². The molecule has 2 saturated heterocycles. The van der Waals surface area contributed by atoms with Gasteiger partial charge in [-0.15, -0.1) is 0 Å². The maximum absolute atomic E-state index is 14.0. The zero-order valence-corrected chi connectivity index (χ0v) is 18.5. The minimum absolute atomic E-state index is 0.0260. The lowest BCUT2D eigenvalue weighted by atomic mass is 10.2. The van der Waals surface area contributed by atoms with E-state index in [1.54, 1.807) is 12.1 Å². The van der Waals surface area contributed by atoms with Crippen LogP contribution in [0.5, 0.6) is 0 Å². The van der Waals surface area contributed by atoms with Gasteiger partial charge in [0.2, 0.25) is 0 Å². The van der Waals surface area contributed by atoms with Crippen molar-refractivity contribution in [2.75, 3.05) is 13.1 Å². The molecule has 2 aliphatic heterocycles. The number of aliphatic hydroxyl groups excluding tert-OH is 2. The summed E-state index contributed by atoms with van der Waals surface area (Å²) < 4.78 is 32.1. The lowest BCUT2D eigenvalue weighted by Crippen LogP contribution is -2.28. The van der Waals surface area contributed by atoms with E-state index in [9.17, 15) is 19.0 Å². The SMILES string of the molecule is OC1CN[C@H](Cn2c(-c3nc4cc(F)ccc4n3C[C@@H]3CC(O)CN3)nc3cc(F)ccc32)C1. The summed E-state index contributed by atoms with van der Waals surface area (Å²) in [6.45, 7) is 2.09. The summed E-state index contributed by atoms with van der Waals surface area (Å²) in [6.07, 6.45) is 0.388. The standard InChI is InChI=1S/C24H26F2N6O2/c25-13-1-3-21-19(5-13)29-23(31(21)11-15-7-17(33)9-27-15)24-30-20-6-14(26)2-4-22(20)32(24)12-16-8-18(34)10-28-16/h1-6,15-18,27-28,33-34H,7-12H2/t15-,16-,17?,18?/m0/s1. The highest BCUT2D eigenvalue weighted by molar-refractivity contribution is 5.83. The summed E-state index contributed by atoms with van der Waals surface area (Å²) in [5, 5.41) is 26.6. The second-order valence-electron chi connectivity index (χ2n) is 9.35. The molecule has 0 amide bonds. The first-order valence-electron chi connectivity index (χ1n) is 11.6. The third kappa shape index (κ3) is 3.86. The van der Waals surface area contributed by atoms with E-state index in [0.717, 1.165) is 11.0 Å². The summed E-state index contributed by atoms with van der Waals surface area (Å²) in [5.41, 5.74) is 2.54. The Bertz CT molecular complexity index is 1260. The quantitative estimate of drug-likeness (QED) is 0.356. The molecule has 2 unspecified atom stereocenters. The van der Waals surface area contributed by atoms with Gasteiger partial charge in [-0.25, -0.2) is 18.7 Å². The average molecular weight is 469 g/mol. The van der Waals surface area contributed by atoms with E-state index in [-0.39, 0.29) is 23.7 Å². The van der Waals surface area contributed by atoms with Crippen molar-refractivity contribution < 1.29 is 19.0 Å². The molecule has 4 heterocycles. The molecule has 0 bridgehead atoms. The fourth-order valence-corrected chi connectivity index (χ4v) is 5.23. The minimum atomic E-state index is -0.409. The Kier molecular flexibility index (Phi) is 5.33. The number of imidazole rings is 2. The van der Waals surface area contributed by atoms with Crippen molar-refractivity contribution in [2.24, 2.45) is 0 Å². The molecule has 0 spiro atoms. The summed E-state index contributed by atoms with van der Waals surface area (Å²) >= 11 is 0. The molecule has 34 heavy (non-hydrogen) atoms. The normalized spacial score (nSPS) is 25.2. The van der Waals surface area contributed by atoms with Crippen molar-refractivity contribution in [3.05, 3.63) is 48.0 Å². The Balaban J connectivity index is 1.51. The lowest BCUT2D eigenvalue weighted by molar-refractivity contribution is 0.192. The van der Waals surface area contributed by atoms with Crippen molar-refractivity contribution in [1.29, 1.82) is 0 Å². The molecular weight excluding hydrogens is 442 g/mol. The van der Waals surface area contributed by atoms with E-state index < -0.39 is 12.2 Å². The van der Waals surface area contributed by atoms with E-state index in [0.29, 0.717) is 61.7 Å². The largest absolute Gasteiger partial charge is 0.392 e. The Morgan fingerprint density at radius 2 is 1.21 bits per heavy atom. The summed E-state index contributed by atoms with van der Waals surface area (Å²) in [5.74, 6) is 0.355. The third-order valence-electron chi connectivity index (χ3n) is 6.82. The second-order valence-corrected chi connectivity index (χ2v) is 9.35. The summed E-state index contributed by atoms with van der Waals surface area (Å²) in [4.78, 5) is 9.52. The molecule has 0 radical (unpaired) electrons. The first-order valence-corrected chi connectivity index (χ1v) is 11.6. The molecule has 2 aromatic heterocycles. The molecule has 2 aromatic carbocycles. The van der Waals surface area contributed by atoms with Crippen LogP contribution in [0.1, 0.15) is 12.8 Å². The number of nitrogens with zero attached hydrogens (tertiary/aromatic N) is 4. The number of hydrogen-bond acceptors (Lipinski definition) is 6. The smallest absolute Gasteiger partial charge is 0.177 e. The fourth-order valence-electron chi connectivity index (χ4n) is 5.23. The number of β-amino-alcohol motifs (C(OH)–C–C–N with tert-alkyl or cyclic N) is 2. The molecule has 2 fully saturated rings. The lowest BCUT2D eigenvalue weighted by Gasteiger charge is -2.17. The van der Waals surface area contributed by atoms with E-state index in [4.69, 9.17) is 9.97 Å². The van der Waals surface area contributed by atoms with Crippen LogP contribution < -0.4 is 10.6 Å². The predicted octanol–water partition coefficient (Wildman–Crippen LogP) is 1.78. The molecular formula is C24H26F2N6O2. The molecule has 10 heteroatoms. The van der Waals surface area contributed by atoms with Crippen LogP contribution in [0.25, 0.3) is 33.7 Å². The zero-order valence-electron chi connectivity index (χ0n) is 18.5. The Hall–Kier alpha value is -2.92. The number of aromatic nitrogens is 4. The number of fused-ring (bicyclic) bond motifs is 2. The highest BCUT2D eigenvalue weighted by Gasteiger charge is 2.28. The van der Waals surface area contributed by atoms with Crippen molar-refractivity contribution >= 4 is 22.1 Å². The van der Waals surface area contributed by atoms with Crippen molar-refractivity contribution in [1.82, 2.24) is 29.7 Å². The highest BCUT2D eigenvalue weighted by atomic mass is 19.1. The van der Waals surface area contributed by atoms with Gasteiger partial charge in [0, 0.05) is 50.4 Å². The maximum Gasteiger partial charge on any atom is 0.177 e. The minimum Gasteiger partial charge on any atom is -0.392 e. The maximum atomic E-state index is 14.0. The molecule has 4 N–H and O–H groups in total. The predicted molar refractivity (Wildman–Crippen MR) is 123 cm³/mol. The van der Waals surface area contributed by atoms with Gasteiger partial charge in [0.15, 0.2) is 11.6 Å². The molecule has 0 aliphatic carbocycles. The van der Waals surface area contributed by atoms with Gasteiger partial charge in [-0.1, -0.05) is 0 Å². The van der Waals surface area contributed by atoms with Crippen LogP contribution in [0.3, 0.4) is 0 Å². The second kappa shape index (κ2) is 8.38. The van der Waals surface area contributed by atoms with Gasteiger partial charge in [0.1, 0.15) is 11.6 Å². The van der Waals surface area contributed by atoms with E-state index in [1.165, 1.54) is 24.3 Å². The van der Waals surface area contributed by atoms with Gasteiger partial charge in [0.05, 0.1) is 34.3 Å². The average Bonchev–Trinajstić information content (AvgIpc) is 3.56. The number of nitrogens with one attached hydrogen (secondary N) is 2. The third-order valence-corrected chi connectivity index (χ3v) is 6.82. The van der Waals surface area contributed by atoms with Crippen LogP contribution in [-0.4, -0.2) is 66.7 Å². The van der Waals surface area contributed by atoms with Gasteiger partial charge in [-0.05, 0) is 37.1 Å². The van der Waals surface area contributed by atoms with Crippen LogP contribution in [0.2, 0.25) is 0 Å². The van der Waals surface area contributed by atoms with Crippen molar-refractivity contribution in [3.8, 4) is 11.6 Å². The van der Waals surface area contributed by atoms with E-state index in [2.05, 4.69) is 10.6 Å². The zero-order chi connectivity index (χ0) is 23.4. The first-order chi connectivity index (χ1) is 16.4. The Labute approximate surface area is 194 Å². The van der Waals surface area contributed by atoms with Gasteiger partial charge < -0.3 is 30.0 Å². The summed E-state index contributed by atoms with van der Waals surface area (Å²) in [7, 11) is 0. The molecule has 8 nitrogen and oxygen atoms in total. The van der Waals surface area contributed by atoms with Gasteiger partial charge in [-0.2, -0.15) is 0 Å². The molecule has 6 rings (SSSR count). The molecule has 178 valence electrons. The van der Waals surface area contributed by atoms with Crippen LogP contribution in [-0.2, 0) is 13.1 Å². The number of hydrogen-bond donors (Lipinski definition) is 4. The van der Waals surface area contributed by atoms with Crippen LogP contribution in [0, 0.1) is 11.6 Å². The van der Waals surface area contributed by atoms with Crippen LogP contribution in [0.15, 0.2) is 36.4 Å². The number of rotatable bonds is 5. The van der Waals surface area contributed by atoms with Gasteiger partial charge in [0.25, 0.3) is 0 Å². The van der Waals surface area contributed by atoms with E-state index in [1.807, 2.05) is 9.13 Å². The van der Waals surface area contributed by atoms with Crippen LogP contribution in [0.4, 0.5) is 8.78 Å². The number of benzene rings is 2. The number of aliphatic hydroxyl groups is 2. The first kappa shape index (κ1) is 21.6. The Morgan fingerprint density at radius 3 is 1.59 bits per heavy atom. The monoisotopic (exact) mass is 468 g/mol. The fraction of sp³-hybridized carbons (Fsp3) is 0.417. The number of halogens is 2. The van der Waals surface area contributed by atoms with E-state index >= 15 is 0 Å². The molecule has 2 aliphatic rings. The topological polar surface area (TPSA) is 100 Å². The van der Waals surface area contributed by atoms with Crippen molar-refractivity contribution in [2.45, 2.75) is 50.2 Å². The molecule has 0 saturated carbocycles. The van der Waals surface area contributed by atoms with Gasteiger partial charge in [-0.3, -0.25) is 0 Å². The van der Waals surface area contributed by atoms with Crippen molar-refractivity contribution in [3.63, 3.8) is 0 Å². The summed E-state index contributed by atoms with van der Waals surface area (Å²) in [6, 6.07) is 9.06. The Morgan fingerprint density at radius 1 is 0.765 bits per heavy atom. The molecule has 4 aromatic rings. The highest BCUT2D eigenvalue weighted by Crippen LogP contribution is 2.30. The molecule has 4 atom stereocenters.